The van der Waals surface area contributed by atoms with Crippen LogP contribution in [0.15, 0.2) is 85.1 Å². The Hall–Kier alpha value is -4.10. The van der Waals surface area contributed by atoms with Gasteiger partial charge in [0.25, 0.3) is 5.91 Å². The lowest BCUT2D eigenvalue weighted by molar-refractivity contribution is -0.132. The van der Waals surface area contributed by atoms with Gasteiger partial charge in [-0.25, -0.2) is 0 Å². The van der Waals surface area contributed by atoms with E-state index in [9.17, 15) is 9.59 Å². The zero-order valence-corrected chi connectivity index (χ0v) is 22.1. The number of amides is 2. The number of methoxy groups -OCH3 is 2. The molecule has 0 aliphatic rings. The van der Waals surface area contributed by atoms with Crippen molar-refractivity contribution in [2.75, 3.05) is 40.5 Å². The number of carbonyl (C=O) groups is 2. The molecule has 4 aromatic rings. The zero-order chi connectivity index (χ0) is 26.7. The summed E-state index contributed by atoms with van der Waals surface area (Å²) in [6, 6.07) is 25.1. The van der Waals surface area contributed by atoms with Crippen LogP contribution >= 0.6 is 0 Å². The third-order valence-electron chi connectivity index (χ3n) is 6.62. The summed E-state index contributed by atoms with van der Waals surface area (Å²) in [4.78, 5) is 33.9. The van der Waals surface area contributed by atoms with E-state index in [1.54, 1.807) is 43.4 Å². The van der Waals surface area contributed by atoms with E-state index in [0.717, 1.165) is 22.0 Å². The van der Waals surface area contributed by atoms with Crippen LogP contribution in [-0.2, 0) is 22.5 Å². The van der Waals surface area contributed by atoms with Gasteiger partial charge in [0, 0.05) is 56.0 Å². The Morgan fingerprint density at radius 1 is 0.842 bits per heavy atom. The van der Waals surface area contributed by atoms with Crippen molar-refractivity contribution in [2.45, 2.75) is 19.4 Å². The fraction of sp³-hybridized carbons (Fsp3) is 0.290. The predicted molar refractivity (Wildman–Crippen MR) is 149 cm³/mol. The smallest absolute Gasteiger partial charge is 0.254 e. The molecule has 7 nitrogen and oxygen atoms in total. The van der Waals surface area contributed by atoms with E-state index in [2.05, 4.69) is 11.1 Å². The molecule has 1 N–H and O–H groups in total. The van der Waals surface area contributed by atoms with Crippen molar-refractivity contribution >= 4 is 22.7 Å². The summed E-state index contributed by atoms with van der Waals surface area (Å²) in [6.45, 7) is 1.94. The number of hydrogen-bond acceptors (Lipinski definition) is 4. The van der Waals surface area contributed by atoms with E-state index in [0.29, 0.717) is 50.4 Å². The van der Waals surface area contributed by atoms with Crippen LogP contribution in [0.2, 0.25) is 0 Å². The van der Waals surface area contributed by atoms with Crippen LogP contribution in [0.3, 0.4) is 0 Å². The van der Waals surface area contributed by atoms with Crippen LogP contribution in [0.4, 0.5) is 0 Å². The molecule has 7 heteroatoms. The van der Waals surface area contributed by atoms with Crippen molar-refractivity contribution < 1.29 is 19.1 Å². The van der Waals surface area contributed by atoms with Gasteiger partial charge in [0.2, 0.25) is 5.91 Å². The molecule has 0 atom stereocenters. The van der Waals surface area contributed by atoms with Gasteiger partial charge in [0.15, 0.2) is 0 Å². The fourth-order valence-electron chi connectivity index (χ4n) is 4.52. The molecule has 0 unspecified atom stereocenters. The molecule has 0 bridgehead atoms. The Bertz CT molecular complexity index is 1320. The second-order valence-corrected chi connectivity index (χ2v) is 9.21. The second-order valence-electron chi connectivity index (χ2n) is 9.21. The third-order valence-corrected chi connectivity index (χ3v) is 6.62. The lowest BCUT2D eigenvalue weighted by atomic mass is 10.1. The topological polar surface area (TPSA) is 74.9 Å². The summed E-state index contributed by atoms with van der Waals surface area (Å²) >= 11 is 0. The molecule has 3 aromatic carbocycles. The molecule has 0 saturated heterocycles. The normalized spacial score (nSPS) is 10.9. The second kappa shape index (κ2) is 13.4. The number of rotatable bonds is 13. The molecule has 0 aliphatic carbocycles. The molecule has 1 heterocycles. The van der Waals surface area contributed by atoms with Crippen LogP contribution in [0, 0.1) is 0 Å². The molecule has 0 saturated carbocycles. The lowest BCUT2D eigenvalue weighted by Gasteiger charge is -2.28. The Morgan fingerprint density at radius 3 is 2.32 bits per heavy atom. The number of aromatic nitrogens is 1. The number of benzene rings is 3. The number of carbonyl (C=O) groups excluding carboxylic acids is 2. The van der Waals surface area contributed by atoms with E-state index in [-0.39, 0.29) is 18.4 Å². The van der Waals surface area contributed by atoms with Gasteiger partial charge in [-0.05, 0) is 54.3 Å². The summed E-state index contributed by atoms with van der Waals surface area (Å²) in [6.07, 6.45) is 3.36. The van der Waals surface area contributed by atoms with Gasteiger partial charge < -0.3 is 24.3 Å². The van der Waals surface area contributed by atoms with Gasteiger partial charge in [-0.1, -0.05) is 48.5 Å². The highest BCUT2D eigenvalue weighted by molar-refractivity contribution is 5.96. The van der Waals surface area contributed by atoms with Crippen LogP contribution in [0.1, 0.15) is 27.9 Å². The van der Waals surface area contributed by atoms with Crippen molar-refractivity contribution in [3.8, 4) is 5.75 Å². The number of H-pyrrole nitrogens is 1. The summed E-state index contributed by atoms with van der Waals surface area (Å²) in [7, 11) is 3.22. The maximum atomic E-state index is 13.7. The summed E-state index contributed by atoms with van der Waals surface area (Å²) < 4.78 is 10.4. The standard InChI is InChI=1S/C31H35N3O4/c1-37-20-8-18-34(31(36)25-13-15-27(38-2)16-14-25)23-30(35)33(22-24-9-4-3-5-10-24)19-17-26-21-32-29-12-7-6-11-28(26)29/h3-7,9-16,21,32H,8,17-20,22-23H2,1-2H3. The molecule has 0 spiro atoms. The van der Waals surface area contributed by atoms with E-state index in [4.69, 9.17) is 9.47 Å². The number of nitrogens with one attached hydrogen (secondary N) is 1. The first kappa shape index (κ1) is 26.9. The Morgan fingerprint density at radius 2 is 1.58 bits per heavy atom. The fourth-order valence-corrected chi connectivity index (χ4v) is 4.52. The molecule has 198 valence electrons. The van der Waals surface area contributed by atoms with Crippen LogP contribution in [0.25, 0.3) is 10.9 Å². The highest BCUT2D eigenvalue weighted by Crippen LogP contribution is 2.19. The van der Waals surface area contributed by atoms with Gasteiger partial charge in [-0.3, -0.25) is 9.59 Å². The van der Waals surface area contributed by atoms with Crippen LogP contribution in [0.5, 0.6) is 5.75 Å². The number of para-hydroxylation sites is 1. The molecular weight excluding hydrogens is 478 g/mol. The maximum absolute atomic E-state index is 13.7. The molecule has 0 radical (unpaired) electrons. The minimum absolute atomic E-state index is 0.00467. The zero-order valence-electron chi connectivity index (χ0n) is 22.1. The van der Waals surface area contributed by atoms with Crippen molar-refractivity contribution in [2.24, 2.45) is 0 Å². The number of hydrogen-bond donors (Lipinski definition) is 1. The van der Waals surface area contributed by atoms with Crippen molar-refractivity contribution in [3.63, 3.8) is 0 Å². The first-order valence-electron chi connectivity index (χ1n) is 12.9. The first-order chi connectivity index (χ1) is 18.6. The Kier molecular flexibility index (Phi) is 9.54. The van der Waals surface area contributed by atoms with E-state index < -0.39 is 0 Å². The third kappa shape index (κ3) is 7.01. The van der Waals surface area contributed by atoms with Gasteiger partial charge in [0.05, 0.1) is 7.11 Å². The van der Waals surface area contributed by atoms with E-state index >= 15 is 0 Å². The predicted octanol–water partition coefficient (Wildman–Crippen LogP) is 4.93. The van der Waals surface area contributed by atoms with Gasteiger partial charge in [-0.2, -0.15) is 0 Å². The minimum Gasteiger partial charge on any atom is -0.497 e. The van der Waals surface area contributed by atoms with Gasteiger partial charge in [0.1, 0.15) is 12.3 Å². The maximum Gasteiger partial charge on any atom is 0.254 e. The largest absolute Gasteiger partial charge is 0.497 e. The Labute approximate surface area is 224 Å². The molecule has 0 fully saturated rings. The van der Waals surface area contributed by atoms with Crippen molar-refractivity contribution in [1.82, 2.24) is 14.8 Å². The monoisotopic (exact) mass is 513 g/mol. The van der Waals surface area contributed by atoms with Crippen molar-refractivity contribution in [3.05, 3.63) is 102 Å². The van der Waals surface area contributed by atoms with Crippen molar-refractivity contribution in [1.29, 1.82) is 0 Å². The van der Waals surface area contributed by atoms with Crippen LogP contribution < -0.4 is 4.74 Å². The number of nitrogens with zero attached hydrogens (tertiary/aromatic N) is 2. The van der Waals surface area contributed by atoms with Gasteiger partial charge >= 0.3 is 0 Å². The highest BCUT2D eigenvalue weighted by atomic mass is 16.5. The quantitative estimate of drug-likeness (QED) is 0.257. The summed E-state index contributed by atoms with van der Waals surface area (Å²) in [5.74, 6) is 0.399. The van der Waals surface area contributed by atoms with E-state index in [1.807, 2.05) is 59.6 Å². The molecule has 38 heavy (non-hydrogen) atoms. The number of aromatic amines is 1. The average molecular weight is 514 g/mol. The SMILES string of the molecule is COCCCN(CC(=O)N(CCc1c[nH]c2ccccc12)Cc1ccccc1)C(=O)c1ccc(OC)cc1. The minimum atomic E-state index is -0.187. The van der Waals surface area contributed by atoms with E-state index in [1.165, 1.54) is 0 Å². The lowest BCUT2D eigenvalue weighted by Crippen LogP contribution is -2.44. The molecular formula is C31H35N3O4. The van der Waals surface area contributed by atoms with Crippen LogP contribution in [-0.4, -0.2) is 67.1 Å². The first-order valence-corrected chi connectivity index (χ1v) is 12.9. The molecule has 1 aromatic heterocycles. The molecule has 0 aliphatic heterocycles. The summed E-state index contributed by atoms with van der Waals surface area (Å²) in [5.41, 5.74) is 3.81. The summed E-state index contributed by atoms with van der Waals surface area (Å²) in [5, 5.41) is 1.16. The van der Waals surface area contributed by atoms with Gasteiger partial charge in [-0.15, -0.1) is 0 Å². The average Bonchev–Trinajstić information content (AvgIpc) is 3.38. The Balaban J connectivity index is 1.52. The number of ether oxygens (including phenoxy) is 2. The highest BCUT2D eigenvalue weighted by Gasteiger charge is 2.23. The molecule has 2 amide bonds. The molecule has 4 rings (SSSR count). The number of fused-ring (bicyclic) bond motifs is 1.